The molecule has 9 nitrogen and oxygen atoms in total. The minimum absolute atomic E-state index is 0.0663. The average molecular weight is 695 g/mol. The number of amides is 2. The molecular weight excluding hydrogens is 660 g/mol. The molecule has 5 aromatic rings. The quantitative estimate of drug-likeness (QED) is 0.140. The van der Waals surface area contributed by atoms with Gasteiger partial charge in [-0.3, -0.25) is 5.32 Å². The van der Waals surface area contributed by atoms with Gasteiger partial charge < -0.3 is 19.9 Å². The summed E-state index contributed by atoms with van der Waals surface area (Å²) < 4.78 is 11.1. The van der Waals surface area contributed by atoms with Crippen LogP contribution < -0.4 is 10.6 Å². The molecule has 0 fully saturated rings. The molecule has 0 saturated heterocycles. The van der Waals surface area contributed by atoms with Crippen LogP contribution in [0, 0.1) is 0 Å². The van der Waals surface area contributed by atoms with Crippen molar-refractivity contribution >= 4 is 41.4 Å². The Hall–Kier alpha value is -4.90. The van der Waals surface area contributed by atoms with E-state index in [0.29, 0.717) is 31.9 Å². The number of rotatable bonds is 9. The Balaban J connectivity index is 1.21. The SMILES string of the molecule is CC(C)(C)OC(=O)Nc1ccc(-c2cc(Cl)c(Sc3ncccc3CO)c(CNC(=O)OCC3c4ccccc4-c4ccccc43)c2)cn1. The molecule has 11 heteroatoms. The highest BCUT2D eigenvalue weighted by molar-refractivity contribution is 7.99. The van der Waals surface area contributed by atoms with Crippen LogP contribution >= 0.6 is 23.4 Å². The van der Waals surface area contributed by atoms with Crippen LogP contribution in [0.3, 0.4) is 0 Å². The van der Waals surface area contributed by atoms with Gasteiger partial charge in [-0.2, -0.15) is 0 Å². The molecule has 0 bridgehead atoms. The zero-order valence-electron chi connectivity index (χ0n) is 27.2. The fourth-order valence-electron chi connectivity index (χ4n) is 5.66. The summed E-state index contributed by atoms with van der Waals surface area (Å²) in [6, 6.07) is 27.1. The van der Waals surface area contributed by atoms with E-state index in [-0.39, 0.29) is 25.7 Å². The normalized spacial score (nSPS) is 12.2. The van der Waals surface area contributed by atoms with E-state index in [1.165, 1.54) is 11.8 Å². The maximum Gasteiger partial charge on any atom is 0.413 e. The Morgan fingerprint density at radius 3 is 2.24 bits per heavy atom. The highest BCUT2D eigenvalue weighted by Gasteiger charge is 2.29. The zero-order valence-corrected chi connectivity index (χ0v) is 28.8. The summed E-state index contributed by atoms with van der Waals surface area (Å²) in [5.41, 5.74) is 6.78. The number of fused-ring (bicyclic) bond motifs is 3. The molecule has 1 aliphatic carbocycles. The Morgan fingerprint density at radius 1 is 0.878 bits per heavy atom. The fourth-order valence-corrected chi connectivity index (χ4v) is 7.00. The van der Waals surface area contributed by atoms with E-state index in [2.05, 4.69) is 44.9 Å². The number of anilines is 1. The number of nitrogens with one attached hydrogen (secondary N) is 2. The summed E-state index contributed by atoms with van der Waals surface area (Å²) in [5.74, 6) is 0.267. The van der Waals surface area contributed by atoms with Gasteiger partial charge in [-0.1, -0.05) is 78.0 Å². The molecule has 2 amide bonds. The predicted molar refractivity (Wildman–Crippen MR) is 191 cm³/mol. The van der Waals surface area contributed by atoms with Crippen LogP contribution in [0.2, 0.25) is 5.02 Å². The monoisotopic (exact) mass is 694 g/mol. The van der Waals surface area contributed by atoms with Crippen LogP contribution in [0.4, 0.5) is 15.4 Å². The molecule has 3 N–H and O–H groups in total. The lowest BCUT2D eigenvalue weighted by molar-refractivity contribution is 0.0635. The van der Waals surface area contributed by atoms with E-state index in [0.717, 1.165) is 33.4 Å². The minimum Gasteiger partial charge on any atom is -0.449 e. The number of carbonyl (C=O) groups is 2. The van der Waals surface area contributed by atoms with Crippen molar-refractivity contribution in [1.82, 2.24) is 15.3 Å². The van der Waals surface area contributed by atoms with Gasteiger partial charge in [0.25, 0.3) is 0 Å². The van der Waals surface area contributed by atoms with Gasteiger partial charge in [0.2, 0.25) is 0 Å². The third-order valence-corrected chi connectivity index (χ3v) is 9.49. The average Bonchev–Trinajstić information content (AvgIpc) is 3.40. The molecule has 2 aromatic heterocycles. The van der Waals surface area contributed by atoms with Crippen molar-refractivity contribution in [3.8, 4) is 22.3 Å². The molecule has 3 aromatic carbocycles. The second-order valence-electron chi connectivity index (χ2n) is 12.4. The second-order valence-corrected chi connectivity index (χ2v) is 13.8. The topological polar surface area (TPSA) is 123 Å². The van der Waals surface area contributed by atoms with Crippen LogP contribution in [-0.4, -0.2) is 39.5 Å². The standard InChI is InChI=1S/C38H35ClN4O5S/c1-38(2,3)48-37(46)43-33-15-14-23(19-41-33)25-17-26(34(32(39)18-25)49-35-24(21-44)9-8-16-40-35)20-42-36(45)47-22-31-29-12-6-4-10-27(29)28-11-5-7-13-30(28)31/h4-19,31,44H,20-22H2,1-3H3,(H,42,45)(H,41,43,46). The first-order valence-corrected chi connectivity index (χ1v) is 16.9. The first-order chi connectivity index (χ1) is 23.6. The van der Waals surface area contributed by atoms with E-state index in [9.17, 15) is 14.7 Å². The summed E-state index contributed by atoms with van der Waals surface area (Å²) in [4.78, 5) is 34.8. The van der Waals surface area contributed by atoms with E-state index in [1.54, 1.807) is 57.4 Å². The molecule has 0 aliphatic heterocycles. The van der Waals surface area contributed by atoms with Crippen LogP contribution in [0.5, 0.6) is 0 Å². The highest BCUT2D eigenvalue weighted by atomic mass is 35.5. The Morgan fingerprint density at radius 2 is 1.59 bits per heavy atom. The van der Waals surface area contributed by atoms with Gasteiger partial charge in [-0.15, -0.1) is 0 Å². The molecule has 6 rings (SSSR count). The molecule has 49 heavy (non-hydrogen) atoms. The number of hydrogen-bond acceptors (Lipinski definition) is 8. The first-order valence-electron chi connectivity index (χ1n) is 15.7. The van der Waals surface area contributed by atoms with Crippen molar-refractivity contribution in [3.63, 3.8) is 0 Å². The number of nitrogens with zero attached hydrogens (tertiary/aromatic N) is 2. The predicted octanol–water partition coefficient (Wildman–Crippen LogP) is 8.83. The smallest absolute Gasteiger partial charge is 0.413 e. The Bertz CT molecular complexity index is 1950. The molecule has 0 saturated carbocycles. The number of carbonyl (C=O) groups excluding carboxylic acids is 2. The molecule has 0 spiro atoms. The maximum absolute atomic E-state index is 13.1. The number of benzene rings is 3. The number of pyridine rings is 2. The van der Waals surface area contributed by atoms with Gasteiger partial charge in [-0.05, 0) is 84.5 Å². The summed E-state index contributed by atoms with van der Waals surface area (Å²) in [7, 11) is 0. The van der Waals surface area contributed by atoms with E-state index in [1.807, 2.05) is 36.4 Å². The number of ether oxygens (including phenoxy) is 2. The fraction of sp³-hybridized carbons (Fsp3) is 0.211. The van der Waals surface area contributed by atoms with Crippen LogP contribution in [0.1, 0.15) is 48.9 Å². The van der Waals surface area contributed by atoms with Crippen LogP contribution in [0.15, 0.2) is 107 Å². The summed E-state index contributed by atoms with van der Waals surface area (Å²) >= 11 is 8.21. The Kier molecular flexibility index (Phi) is 10.2. The van der Waals surface area contributed by atoms with Crippen molar-refractivity contribution in [2.45, 2.75) is 55.4 Å². The van der Waals surface area contributed by atoms with Crippen molar-refractivity contribution < 1.29 is 24.2 Å². The van der Waals surface area contributed by atoms with E-state index < -0.39 is 17.8 Å². The largest absolute Gasteiger partial charge is 0.449 e. The lowest BCUT2D eigenvalue weighted by Gasteiger charge is -2.19. The second kappa shape index (κ2) is 14.7. The number of aliphatic hydroxyl groups excluding tert-OH is 1. The molecule has 2 heterocycles. The summed E-state index contributed by atoms with van der Waals surface area (Å²) in [6.45, 7) is 5.47. The van der Waals surface area contributed by atoms with Gasteiger partial charge in [0.05, 0.1) is 11.6 Å². The lowest BCUT2D eigenvalue weighted by Crippen LogP contribution is -2.27. The van der Waals surface area contributed by atoms with Crippen molar-refractivity contribution in [1.29, 1.82) is 0 Å². The van der Waals surface area contributed by atoms with Crippen molar-refractivity contribution in [2.24, 2.45) is 0 Å². The Labute approximate surface area is 294 Å². The number of alkyl carbamates (subject to hydrolysis) is 1. The third kappa shape index (κ3) is 8.05. The van der Waals surface area contributed by atoms with Crippen LogP contribution in [-0.2, 0) is 22.6 Å². The first kappa shape index (κ1) is 34.0. The van der Waals surface area contributed by atoms with Crippen molar-refractivity contribution in [2.75, 3.05) is 11.9 Å². The number of halogens is 1. The van der Waals surface area contributed by atoms with Gasteiger partial charge in [0.1, 0.15) is 23.1 Å². The van der Waals surface area contributed by atoms with Crippen LogP contribution in [0.25, 0.3) is 22.3 Å². The summed E-state index contributed by atoms with van der Waals surface area (Å²) in [6.07, 6.45) is 2.11. The molecule has 0 unspecified atom stereocenters. The lowest BCUT2D eigenvalue weighted by atomic mass is 9.98. The van der Waals surface area contributed by atoms with E-state index >= 15 is 0 Å². The summed E-state index contributed by atoms with van der Waals surface area (Å²) in [5, 5.41) is 16.5. The van der Waals surface area contributed by atoms with Gasteiger partial charge in [0, 0.05) is 40.9 Å². The number of aliphatic hydroxyl groups is 1. The number of aromatic nitrogens is 2. The minimum atomic E-state index is -0.641. The molecule has 0 atom stereocenters. The highest BCUT2D eigenvalue weighted by Crippen LogP contribution is 2.44. The van der Waals surface area contributed by atoms with Gasteiger partial charge in [0.15, 0.2) is 0 Å². The molecule has 1 aliphatic rings. The molecular formula is C38H35ClN4O5S. The number of hydrogen-bond donors (Lipinski definition) is 3. The maximum atomic E-state index is 13.1. The van der Waals surface area contributed by atoms with Gasteiger partial charge >= 0.3 is 12.2 Å². The zero-order chi connectivity index (χ0) is 34.5. The van der Waals surface area contributed by atoms with Crippen molar-refractivity contribution in [3.05, 3.63) is 125 Å². The molecule has 0 radical (unpaired) electrons. The van der Waals surface area contributed by atoms with Gasteiger partial charge in [-0.25, -0.2) is 19.6 Å². The third-order valence-electron chi connectivity index (χ3n) is 7.83. The molecule has 250 valence electrons. The van der Waals surface area contributed by atoms with E-state index in [4.69, 9.17) is 21.1 Å².